The highest BCUT2D eigenvalue weighted by Crippen LogP contribution is 2.26. The minimum atomic E-state index is -0.448. The summed E-state index contributed by atoms with van der Waals surface area (Å²) in [4.78, 5) is 16.2. The lowest BCUT2D eigenvalue weighted by Crippen LogP contribution is -2.40. The Balaban J connectivity index is 2.43. The Kier molecular flexibility index (Phi) is 3.75. The van der Waals surface area contributed by atoms with Crippen LogP contribution in [0.4, 0.5) is 5.82 Å². The van der Waals surface area contributed by atoms with E-state index >= 15 is 0 Å². The van der Waals surface area contributed by atoms with E-state index in [2.05, 4.69) is 10.3 Å². The van der Waals surface area contributed by atoms with Crippen LogP contribution in [0.25, 0.3) is 0 Å². The molecule has 0 saturated heterocycles. The van der Waals surface area contributed by atoms with Crippen molar-refractivity contribution >= 4 is 11.7 Å². The van der Waals surface area contributed by atoms with Gasteiger partial charge in [-0.1, -0.05) is 0 Å². The van der Waals surface area contributed by atoms with Crippen LogP contribution in [-0.2, 0) is 12.8 Å². The highest BCUT2D eigenvalue weighted by molar-refractivity contribution is 5.98. The second kappa shape index (κ2) is 5.17. The average molecular weight is 262 g/mol. The summed E-state index contributed by atoms with van der Waals surface area (Å²) < 4.78 is 0. The van der Waals surface area contributed by atoms with Crippen LogP contribution < -0.4 is 16.8 Å². The van der Waals surface area contributed by atoms with E-state index in [-0.39, 0.29) is 5.54 Å². The lowest BCUT2D eigenvalue weighted by Gasteiger charge is -2.27. The molecule has 0 atom stereocenters. The van der Waals surface area contributed by atoms with Crippen molar-refractivity contribution in [3.05, 3.63) is 22.9 Å². The van der Waals surface area contributed by atoms with E-state index in [1.54, 1.807) is 0 Å². The van der Waals surface area contributed by atoms with Crippen molar-refractivity contribution in [3.63, 3.8) is 0 Å². The van der Waals surface area contributed by atoms with Crippen LogP contribution >= 0.6 is 0 Å². The fourth-order valence-electron chi connectivity index (χ4n) is 2.29. The van der Waals surface area contributed by atoms with Crippen molar-refractivity contribution in [2.45, 2.75) is 45.1 Å². The van der Waals surface area contributed by atoms with Crippen LogP contribution in [0.5, 0.6) is 0 Å². The van der Waals surface area contributed by atoms with Gasteiger partial charge in [-0.2, -0.15) is 0 Å². The third-order valence-corrected chi connectivity index (χ3v) is 3.53. The SMILES string of the molecule is CC(C)(CN)Nc1nc2c(cc1C(N)=O)CCCC2. The lowest BCUT2D eigenvalue weighted by atomic mass is 9.94. The number of hydrogen-bond donors (Lipinski definition) is 3. The summed E-state index contributed by atoms with van der Waals surface area (Å²) in [5.74, 6) is 0.111. The zero-order valence-corrected chi connectivity index (χ0v) is 11.6. The number of nitrogens with one attached hydrogen (secondary N) is 1. The smallest absolute Gasteiger partial charge is 0.252 e. The molecule has 0 spiro atoms. The Morgan fingerprint density at radius 3 is 2.74 bits per heavy atom. The number of anilines is 1. The van der Waals surface area contributed by atoms with E-state index in [0.717, 1.165) is 36.9 Å². The van der Waals surface area contributed by atoms with Crippen molar-refractivity contribution in [1.29, 1.82) is 0 Å². The maximum atomic E-state index is 11.6. The van der Waals surface area contributed by atoms with Gasteiger partial charge in [0.1, 0.15) is 5.82 Å². The molecular weight excluding hydrogens is 240 g/mol. The van der Waals surface area contributed by atoms with Crippen molar-refractivity contribution in [1.82, 2.24) is 4.98 Å². The van der Waals surface area contributed by atoms with E-state index < -0.39 is 5.91 Å². The molecule has 104 valence electrons. The van der Waals surface area contributed by atoms with Gasteiger partial charge in [-0.3, -0.25) is 4.79 Å². The van der Waals surface area contributed by atoms with E-state index in [1.165, 1.54) is 0 Å². The van der Waals surface area contributed by atoms with Gasteiger partial charge in [0.15, 0.2) is 0 Å². The van der Waals surface area contributed by atoms with Gasteiger partial charge in [-0.25, -0.2) is 4.98 Å². The first kappa shape index (κ1) is 13.8. The Morgan fingerprint density at radius 2 is 2.11 bits per heavy atom. The molecular formula is C14H22N4O. The van der Waals surface area contributed by atoms with Crippen LogP contribution in [-0.4, -0.2) is 23.0 Å². The second-order valence-electron chi connectivity index (χ2n) is 5.77. The number of carbonyl (C=O) groups excluding carboxylic acids is 1. The molecule has 5 nitrogen and oxygen atoms in total. The van der Waals surface area contributed by atoms with Crippen molar-refractivity contribution in [3.8, 4) is 0 Å². The highest BCUT2D eigenvalue weighted by Gasteiger charge is 2.22. The average Bonchev–Trinajstić information content (AvgIpc) is 2.37. The topological polar surface area (TPSA) is 94.0 Å². The zero-order chi connectivity index (χ0) is 14.0. The molecule has 1 aliphatic carbocycles. The Morgan fingerprint density at radius 1 is 1.42 bits per heavy atom. The third kappa shape index (κ3) is 3.04. The number of fused-ring (bicyclic) bond motifs is 1. The number of aryl methyl sites for hydroxylation is 2. The number of nitrogens with zero attached hydrogens (tertiary/aromatic N) is 1. The molecule has 5 N–H and O–H groups in total. The van der Waals surface area contributed by atoms with Crippen LogP contribution in [0, 0.1) is 0 Å². The number of carbonyl (C=O) groups is 1. The molecule has 1 heterocycles. The van der Waals surface area contributed by atoms with Crippen molar-refractivity contribution in [2.24, 2.45) is 11.5 Å². The number of rotatable bonds is 4. The Labute approximate surface area is 113 Å². The molecule has 1 aliphatic rings. The Bertz CT molecular complexity index is 496. The summed E-state index contributed by atoms with van der Waals surface area (Å²) in [5, 5.41) is 3.23. The molecule has 0 unspecified atom stereocenters. The number of hydrogen-bond acceptors (Lipinski definition) is 4. The largest absolute Gasteiger partial charge is 0.365 e. The predicted molar refractivity (Wildman–Crippen MR) is 76.2 cm³/mol. The number of aromatic nitrogens is 1. The van der Waals surface area contributed by atoms with Crippen molar-refractivity contribution < 1.29 is 4.79 Å². The molecule has 2 rings (SSSR count). The molecule has 0 aliphatic heterocycles. The monoisotopic (exact) mass is 262 g/mol. The predicted octanol–water partition coefficient (Wildman–Crippen LogP) is 1.21. The maximum Gasteiger partial charge on any atom is 0.252 e. The zero-order valence-electron chi connectivity index (χ0n) is 11.6. The quantitative estimate of drug-likeness (QED) is 0.760. The summed E-state index contributed by atoms with van der Waals surface area (Å²) in [5.41, 5.74) is 13.5. The summed E-state index contributed by atoms with van der Waals surface area (Å²) in [6.45, 7) is 4.39. The first-order valence-electron chi connectivity index (χ1n) is 6.74. The van der Waals surface area contributed by atoms with Gasteiger partial charge in [0.2, 0.25) is 0 Å². The summed E-state index contributed by atoms with van der Waals surface area (Å²) >= 11 is 0. The second-order valence-corrected chi connectivity index (χ2v) is 5.77. The van der Waals surface area contributed by atoms with Gasteiger partial charge in [-0.05, 0) is 51.2 Å². The molecule has 0 radical (unpaired) electrons. The minimum absolute atomic E-state index is 0.319. The lowest BCUT2D eigenvalue weighted by molar-refractivity contribution is 0.100. The van der Waals surface area contributed by atoms with E-state index in [4.69, 9.17) is 11.5 Å². The molecule has 5 heteroatoms. The number of nitrogens with two attached hydrogens (primary N) is 2. The van der Waals surface area contributed by atoms with Gasteiger partial charge >= 0.3 is 0 Å². The molecule has 0 bridgehead atoms. The number of amides is 1. The normalized spacial score (nSPS) is 14.9. The first-order chi connectivity index (χ1) is 8.93. The van der Waals surface area contributed by atoms with Gasteiger partial charge in [-0.15, -0.1) is 0 Å². The van der Waals surface area contributed by atoms with Gasteiger partial charge in [0.05, 0.1) is 5.56 Å². The maximum absolute atomic E-state index is 11.6. The summed E-state index contributed by atoms with van der Waals surface area (Å²) in [6, 6.07) is 1.89. The molecule has 19 heavy (non-hydrogen) atoms. The van der Waals surface area contributed by atoms with Gasteiger partial charge in [0.25, 0.3) is 5.91 Å². The van der Waals surface area contributed by atoms with Crippen LogP contribution in [0.2, 0.25) is 0 Å². The number of primary amides is 1. The molecule has 0 aromatic carbocycles. The fourth-order valence-corrected chi connectivity index (χ4v) is 2.29. The summed E-state index contributed by atoms with van der Waals surface area (Å²) in [6.07, 6.45) is 4.23. The molecule has 0 saturated carbocycles. The molecule has 1 aromatic rings. The van der Waals surface area contributed by atoms with Crippen LogP contribution in [0.3, 0.4) is 0 Å². The summed E-state index contributed by atoms with van der Waals surface area (Å²) in [7, 11) is 0. The molecule has 1 amide bonds. The molecule has 1 aromatic heterocycles. The standard InChI is InChI=1S/C14H22N4O/c1-14(2,8-15)18-13-10(12(16)19)7-9-5-3-4-6-11(9)17-13/h7H,3-6,8,15H2,1-2H3,(H2,16,19)(H,17,18). The van der Waals surface area contributed by atoms with E-state index in [9.17, 15) is 4.79 Å². The Hall–Kier alpha value is -1.62. The van der Waals surface area contributed by atoms with Crippen LogP contribution in [0.15, 0.2) is 6.07 Å². The van der Waals surface area contributed by atoms with Crippen molar-refractivity contribution in [2.75, 3.05) is 11.9 Å². The van der Waals surface area contributed by atoms with Crippen LogP contribution in [0.1, 0.15) is 48.3 Å². The molecule has 0 fully saturated rings. The fraction of sp³-hybridized carbons (Fsp3) is 0.571. The first-order valence-corrected chi connectivity index (χ1v) is 6.74. The third-order valence-electron chi connectivity index (χ3n) is 3.53. The van der Waals surface area contributed by atoms with E-state index in [0.29, 0.717) is 17.9 Å². The van der Waals surface area contributed by atoms with E-state index in [1.807, 2.05) is 19.9 Å². The van der Waals surface area contributed by atoms with Gasteiger partial charge < -0.3 is 16.8 Å². The number of pyridine rings is 1. The van der Waals surface area contributed by atoms with Gasteiger partial charge in [0, 0.05) is 17.8 Å². The minimum Gasteiger partial charge on any atom is -0.365 e. The highest BCUT2D eigenvalue weighted by atomic mass is 16.1.